The summed E-state index contributed by atoms with van der Waals surface area (Å²) in [6.07, 6.45) is 6.93. The zero-order valence-corrected chi connectivity index (χ0v) is 13.1. The number of fused-ring (bicyclic) bond motifs is 1. The Balaban J connectivity index is 2.16. The van der Waals surface area contributed by atoms with Gasteiger partial charge in [-0.05, 0) is 46.9 Å². The maximum Gasteiger partial charge on any atom is 0.123 e. The molecule has 2 aliphatic carbocycles. The van der Waals surface area contributed by atoms with E-state index in [9.17, 15) is 0 Å². The first kappa shape index (κ1) is 14.5. The molecule has 2 aliphatic rings. The van der Waals surface area contributed by atoms with Crippen molar-refractivity contribution in [2.45, 2.75) is 6.42 Å². The van der Waals surface area contributed by atoms with Crippen molar-refractivity contribution in [1.82, 2.24) is 0 Å². The number of rotatable bonds is 3. The lowest BCUT2D eigenvalue weighted by molar-refractivity contribution is 0.300. The third-order valence-electron chi connectivity index (χ3n) is 3.80. The summed E-state index contributed by atoms with van der Waals surface area (Å²) < 4.78 is 5.46. The summed E-state index contributed by atoms with van der Waals surface area (Å²) in [5.41, 5.74) is 11.4. The van der Waals surface area contributed by atoms with Gasteiger partial charge in [-0.3, -0.25) is 0 Å². The molecule has 0 fully saturated rings. The van der Waals surface area contributed by atoms with Gasteiger partial charge >= 0.3 is 0 Å². The maximum absolute atomic E-state index is 6.37. The molecule has 0 aliphatic heterocycles. The van der Waals surface area contributed by atoms with Gasteiger partial charge in [0.05, 0.1) is 7.11 Å². The van der Waals surface area contributed by atoms with Crippen molar-refractivity contribution in [2.24, 2.45) is 5.73 Å². The summed E-state index contributed by atoms with van der Waals surface area (Å²) >= 11 is 12.4. The van der Waals surface area contributed by atoms with Crippen LogP contribution in [-0.2, 0) is 4.74 Å². The predicted molar refractivity (Wildman–Crippen MR) is 88.3 cm³/mol. The highest BCUT2D eigenvalue weighted by Gasteiger charge is 2.27. The van der Waals surface area contributed by atoms with Gasteiger partial charge in [-0.15, -0.1) is 0 Å². The first-order valence-corrected chi connectivity index (χ1v) is 7.46. The van der Waals surface area contributed by atoms with E-state index in [-0.39, 0.29) is 0 Å². The lowest BCUT2D eigenvalue weighted by atomic mass is 9.85. The van der Waals surface area contributed by atoms with Gasteiger partial charge in [0.2, 0.25) is 0 Å². The van der Waals surface area contributed by atoms with Gasteiger partial charge in [-0.2, -0.15) is 0 Å². The number of ether oxygens (including phenoxy) is 1. The van der Waals surface area contributed by atoms with Crippen LogP contribution in [0.3, 0.4) is 0 Å². The smallest absolute Gasteiger partial charge is 0.123 e. The highest BCUT2D eigenvalue weighted by molar-refractivity contribution is 6.35. The number of hydrogen-bond donors (Lipinski definition) is 1. The predicted octanol–water partition coefficient (Wildman–Crippen LogP) is 4.51. The summed E-state index contributed by atoms with van der Waals surface area (Å²) in [6, 6.07) is 5.59. The molecule has 0 radical (unpaired) electrons. The Hall–Kier alpha value is -1.48. The molecule has 0 atom stereocenters. The van der Waals surface area contributed by atoms with E-state index < -0.39 is 0 Å². The van der Waals surface area contributed by atoms with Crippen LogP contribution >= 0.6 is 23.2 Å². The Morgan fingerprint density at radius 3 is 2.71 bits per heavy atom. The fourth-order valence-corrected chi connectivity index (χ4v) is 3.36. The van der Waals surface area contributed by atoms with Crippen LogP contribution in [0, 0.1) is 0 Å². The van der Waals surface area contributed by atoms with Crippen molar-refractivity contribution < 1.29 is 4.74 Å². The van der Waals surface area contributed by atoms with E-state index in [0.29, 0.717) is 16.6 Å². The van der Waals surface area contributed by atoms with Crippen LogP contribution in [0.2, 0.25) is 10.0 Å². The van der Waals surface area contributed by atoms with Crippen molar-refractivity contribution in [3.8, 4) is 0 Å². The molecule has 21 heavy (non-hydrogen) atoms. The highest BCUT2D eigenvalue weighted by Crippen LogP contribution is 2.44. The van der Waals surface area contributed by atoms with Crippen molar-refractivity contribution in [1.29, 1.82) is 0 Å². The summed E-state index contributed by atoms with van der Waals surface area (Å²) in [7, 11) is 1.69. The molecule has 2 N–H and O–H groups in total. The van der Waals surface area contributed by atoms with Crippen LogP contribution in [0.15, 0.2) is 58.9 Å². The normalized spacial score (nSPS) is 17.2. The average molecular weight is 320 g/mol. The molecule has 0 heterocycles. The minimum Gasteiger partial charge on any atom is -0.496 e. The molecule has 1 aromatic carbocycles. The highest BCUT2D eigenvalue weighted by atomic mass is 35.5. The summed E-state index contributed by atoms with van der Waals surface area (Å²) in [5.74, 6) is 0.888. The van der Waals surface area contributed by atoms with E-state index in [1.54, 1.807) is 13.2 Å². The van der Waals surface area contributed by atoms with Crippen LogP contribution in [0.4, 0.5) is 0 Å². The van der Waals surface area contributed by atoms with E-state index in [1.807, 2.05) is 18.2 Å². The molecule has 0 spiro atoms. The molecule has 4 heteroatoms. The summed E-state index contributed by atoms with van der Waals surface area (Å²) in [5, 5.41) is 1.29. The third-order valence-corrected chi connectivity index (χ3v) is 4.34. The standard InChI is InChI=1S/C17H15Cl2NO/c1-21-16-7-6-13(12-5-3-11(18)8-15(12)19)17-10(9-20)2-4-14(16)17/h2-5,7-8H,6,9,20H2,1H3. The largest absolute Gasteiger partial charge is 0.496 e. The number of nitrogens with two attached hydrogens (primary N) is 1. The molecule has 108 valence electrons. The van der Waals surface area contributed by atoms with Crippen molar-refractivity contribution in [3.63, 3.8) is 0 Å². The van der Waals surface area contributed by atoms with E-state index in [1.165, 1.54) is 0 Å². The van der Waals surface area contributed by atoms with Crippen molar-refractivity contribution in [3.05, 3.63) is 74.5 Å². The molecule has 0 saturated heterocycles. The van der Waals surface area contributed by atoms with Gasteiger partial charge < -0.3 is 10.5 Å². The SMILES string of the molecule is COC1=CCC(c2ccc(Cl)cc2Cl)=C2C(CN)=CC=C12. The Labute approximate surface area is 134 Å². The fraction of sp³-hybridized carbons (Fsp3) is 0.176. The van der Waals surface area contributed by atoms with Gasteiger partial charge in [0.15, 0.2) is 0 Å². The second kappa shape index (κ2) is 5.72. The van der Waals surface area contributed by atoms with Gasteiger partial charge in [0.1, 0.15) is 5.76 Å². The molecule has 0 aromatic heterocycles. The molecular formula is C17H15Cl2NO. The molecule has 0 bridgehead atoms. The Bertz CT molecular complexity index is 726. The van der Waals surface area contributed by atoms with E-state index in [4.69, 9.17) is 33.7 Å². The van der Waals surface area contributed by atoms with Crippen molar-refractivity contribution in [2.75, 3.05) is 13.7 Å². The number of hydrogen-bond acceptors (Lipinski definition) is 2. The lowest BCUT2D eigenvalue weighted by Crippen LogP contribution is -2.10. The van der Waals surface area contributed by atoms with Gasteiger partial charge in [-0.25, -0.2) is 0 Å². The summed E-state index contributed by atoms with van der Waals surface area (Å²) in [6.45, 7) is 0.487. The molecule has 1 aromatic rings. The zero-order valence-electron chi connectivity index (χ0n) is 11.6. The Morgan fingerprint density at radius 2 is 2.05 bits per heavy atom. The number of benzene rings is 1. The third kappa shape index (κ3) is 2.44. The molecule has 0 unspecified atom stereocenters. The van der Waals surface area contributed by atoms with Crippen LogP contribution < -0.4 is 5.73 Å². The maximum atomic E-state index is 6.37. The van der Waals surface area contributed by atoms with Gasteiger partial charge in [0, 0.05) is 22.2 Å². The van der Waals surface area contributed by atoms with Crippen LogP contribution in [0.5, 0.6) is 0 Å². The second-order valence-electron chi connectivity index (χ2n) is 4.93. The Morgan fingerprint density at radius 1 is 1.24 bits per heavy atom. The second-order valence-corrected chi connectivity index (χ2v) is 5.77. The van der Waals surface area contributed by atoms with Crippen LogP contribution in [-0.4, -0.2) is 13.7 Å². The minimum absolute atomic E-state index is 0.487. The number of methoxy groups -OCH3 is 1. The molecular weight excluding hydrogens is 305 g/mol. The van der Waals surface area contributed by atoms with E-state index in [0.717, 1.165) is 40.0 Å². The first-order chi connectivity index (χ1) is 10.2. The van der Waals surface area contributed by atoms with Crippen LogP contribution in [0.25, 0.3) is 5.57 Å². The zero-order chi connectivity index (χ0) is 15.0. The Kier molecular flexibility index (Phi) is 3.94. The first-order valence-electron chi connectivity index (χ1n) is 6.70. The monoisotopic (exact) mass is 319 g/mol. The van der Waals surface area contributed by atoms with E-state index in [2.05, 4.69) is 12.2 Å². The van der Waals surface area contributed by atoms with Gasteiger partial charge in [0.25, 0.3) is 0 Å². The number of allylic oxidation sites excluding steroid dienone is 5. The lowest BCUT2D eigenvalue weighted by Gasteiger charge is -2.23. The van der Waals surface area contributed by atoms with Crippen LogP contribution in [0.1, 0.15) is 12.0 Å². The quantitative estimate of drug-likeness (QED) is 0.889. The minimum atomic E-state index is 0.487. The topological polar surface area (TPSA) is 35.2 Å². The van der Waals surface area contributed by atoms with Gasteiger partial charge in [-0.1, -0.05) is 41.4 Å². The average Bonchev–Trinajstić information content (AvgIpc) is 2.91. The molecule has 0 amide bonds. The van der Waals surface area contributed by atoms with Crippen molar-refractivity contribution >= 4 is 28.8 Å². The van der Waals surface area contributed by atoms with E-state index >= 15 is 0 Å². The summed E-state index contributed by atoms with van der Waals surface area (Å²) in [4.78, 5) is 0. The molecule has 2 nitrogen and oxygen atoms in total. The fourth-order valence-electron chi connectivity index (χ4n) is 2.83. The molecule has 0 saturated carbocycles. The molecule has 3 rings (SSSR count). The number of halogens is 2.